The number of hydrogen-bond donors (Lipinski definition) is 1. The zero-order valence-electron chi connectivity index (χ0n) is 9.82. The molecule has 0 aromatic heterocycles. The molecular formula is C12H17N3O2. The van der Waals surface area contributed by atoms with E-state index in [1.807, 2.05) is 0 Å². The first-order chi connectivity index (χ1) is 8.10. The van der Waals surface area contributed by atoms with Crippen LogP contribution in [-0.2, 0) is 9.59 Å². The zero-order chi connectivity index (χ0) is 12.5. The van der Waals surface area contributed by atoms with Crippen LogP contribution in [0.1, 0.15) is 38.5 Å². The summed E-state index contributed by atoms with van der Waals surface area (Å²) in [7, 11) is 0. The highest BCUT2D eigenvalue weighted by Gasteiger charge is 2.47. The number of primary amides is 1. The smallest absolute Gasteiger partial charge is 0.243 e. The molecule has 1 saturated heterocycles. The van der Waals surface area contributed by atoms with Gasteiger partial charge in [-0.05, 0) is 25.7 Å². The van der Waals surface area contributed by atoms with E-state index in [0.717, 1.165) is 19.3 Å². The largest absolute Gasteiger partial charge is 0.368 e. The van der Waals surface area contributed by atoms with Gasteiger partial charge in [0.2, 0.25) is 11.8 Å². The van der Waals surface area contributed by atoms with E-state index in [1.165, 1.54) is 4.90 Å². The van der Waals surface area contributed by atoms with E-state index < -0.39 is 17.4 Å². The van der Waals surface area contributed by atoms with Gasteiger partial charge in [0.15, 0.2) is 0 Å². The molecule has 1 heterocycles. The first kappa shape index (κ1) is 11.9. The number of carbonyl (C=O) groups is 2. The number of hydrogen-bond acceptors (Lipinski definition) is 3. The third kappa shape index (κ3) is 1.88. The molecule has 1 aliphatic carbocycles. The van der Waals surface area contributed by atoms with Crippen molar-refractivity contribution >= 4 is 11.8 Å². The van der Waals surface area contributed by atoms with Crippen LogP contribution in [0.25, 0.3) is 0 Å². The highest BCUT2D eigenvalue weighted by molar-refractivity contribution is 5.91. The Balaban J connectivity index is 2.19. The zero-order valence-corrected chi connectivity index (χ0v) is 9.82. The van der Waals surface area contributed by atoms with E-state index in [-0.39, 0.29) is 5.91 Å². The van der Waals surface area contributed by atoms with Crippen molar-refractivity contribution in [2.75, 3.05) is 6.54 Å². The molecule has 1 aliphatic heterocycles. The molecule has 1 atom stereocenters. The van der Waals surface area contributed by atoms with Crippen molar-refractivity contribution in [1.82, 2.24) is 4.90 Å². The van der Waals surface area contributed by atoms with Crippen molar-refractivity contribution in [2.45, 2.75) is 44.6 Å². The molecule has 1 saturated carbocycles. The molecule has 5 heteroatoms. The van der Waals surface area contributed by atoms with Crippen LogP contribution in [0.4, 0.5) is 0 Å². The average molecular weight is 235 g/mol. The minimum absolute atomic E-state index is 0.182. The highest BCUT2D eigenvalue weighted by atomic mass is 16.2. The van der Waals surface area contributed by atoms with Crippen molar-refractivity contribution < 1.29 is 9.59 Å². The van der Waals surface area contributed by atoms with Crippen LogP contribution in [0.15, 0.2) is 0 Å². The fourth-order valence-electron chi connectivity index (χ4n) is 2.93. The fraction of sp³-hybridized carbons (Fsp3) is 0.750. The summed E-state index contributed by atoms with van der Waals surface area (Å²) >= 11 is 0. The monoisotopic (exact) mass is 235 g/mol. The Bertz CT molecular complexity index is 380. The van der Waals surface area contributed by atoms with E-state index in [4.69, 9.17) is 5.73 Å². The SMILES string of the molecule is N#CC1(C(=O)N2CCCC2C(N)=O)CCCC1. The molecule has 2 amide bonds. The minimum atomic E-state index is -0.891. The quantitative estimate of drug-likeness (QED) is 0.758. The maximum absolute atomic E-state index is 12.4. The van der Waals surface area contributed by atoms with E-state index in [1.54, 1.807) is 0 Å². The Morgan fingerprint density at radius 1 is 1.29 bits per heavy atom. The van der Waals surface area contributed by atoms with Crippen LogP contribution >= 0.6 is 0 Å². The van der Waals surface area contributed by atoms with Crippen LogP contribution < -0.4 is 5.73 Å². The van der Waals surface area contributed by atoms with Crippen molar-refractivity contribution in [2.24, 2.45) is 11.1 Å². The minimum Gasteiger partial charge on any atom is -0.368 e. The number of nitrogens with two attached hydrogens (primary N) is 1. The molecule has 5 nitrogen and oxygen atoms in total. The second-order valence-electron chi connectivity index (χ2n) is 4.96. The fourth-order valence-corrected chi connectivity index (χ4v) is 2.93. The average Bonchev–Trinajstić information content (AvgIpc) is 2.98. The van der Waals surface area contributed by atoms with Crippen molar-refractivity contribution in [1.29, 1.82) is 5.26 Å². The second-order valence-corrected chi connectivity index (χ2v) is 4.96. The summed E-state index contributed by atoms with van der Waals surface area (Å²) in [6.07, 6.45) is 4.47. The topological polar surface area (TPSA) is 87.2 Å². The summed E-state index contributed by atoms with van der Waals surface area (Å²) in [6.45, 7) is 0.551. The predicted molar refractivity (Wildman–Crippen MR) is 60.4 cm³/mol. The standard InChI is InChI=1S/C12H17N3O2/c13-8-12(5-1-2-6-12)11(17)15-7-3-4-9(15)10(14)16/h9H,1-7H2,(H2,14,16). The van der Waals surface area contributed by atoms with Crippen molar-refractivity contribution in [3.63, 3.8) is 0 Å². The van der Waals surface area contributed by atoms with E-state index in [0.29, 0.717) is 25.8 Å². The van der Waals surface area contributed by atoms with Gasteiger partial charge in [-0.2, -0.15) is 5.26 Å². The third-order valence-electron chi connectivity index (χ3n) is 3.92. The molecule has 2 N–H and O–H groups in total. The van der Waals surface area contributed by atoms with Crippen LogP contribution in [0.5, 0.6) is 0 Å². The van der Waals surface area contributed by atoms with Crippen LogP contribution in [0, 0.1) is 16.7 Å². The lowest BCUT2D eigenvalue weighted by Crippen LogP contribution is -2.49. The summed E-state index contributed by atoms with van der Waals surface area (Å²) in [5, 5.41) is 9.26. The van der Waals surface area contributed by atoms with Crippen LogP contribution in [0.3, 0.4) is 0 Å². The molecule has 2 aliphatic rings. The number of nitrogens with zero attached hydrogens (tertiary/aromatic N) is 2. The Kier molecular flexibility index (Phi) is 3.05. The maximum atomic E-state index is 12.4. The molecule has 0 bridgehead atoms. The number of likely N-dealkylation sites (tertiary alicyclic amines) is 1. The first-order valence-corrected chi connectivity index (χ1v) is 6.12. The summed E-state index contributed by atoms with van der Waals surface area (Å²) in [5.74, 6) is -0.638. The summed E-state index contributed by atoms with van der Waals surface area (Å²) in [4.78, 5) is 25.2. The molecule has 0 aromatic carbocycles. The summed E-state index contributed by atoms with van der Waals surface area (Å²) in [6, 6.07) is 1.66. The Morgan fingerprint density at radius 2 is 1.94 bits per heavy atom. The third-order valence-corrected chi connectivity index (χ3v) is 3.92. The number of nitriles is 1. The first-order valence-electron chi connectivity index (χ1n) is 6.12. The second kappa shape index (κ2) is 4.36. The van der Waals surface area contributed by atoms with Gasteiger partial charge in [0.1, 0.15) is 11.5 Å². The van der Waals surface area contributed by atoms with Gasteiger partial charge in [0, 0.05) is 6.54 Å². The lowest BCUT2D eigenvalue weighted by atomic mass is 9.86. The van der Waals surface area contributed by atoms with Gasteiger partial charge in [-0.1, -0.05) is 12.8 Å². The molecule has 0 spiro atoms. The Labute approximate surface area is 101 Å². The van der Waals surface area contributed by atoms with Gasteiger partial charge >= 0.3 is 0 Å². The van der Waals surface area contributed by atoms with Crippen molar-refractivity contribution in [3.05, 3.63) is 0 Å². The Morgan fingerprint density at radius 3 is 2.47 bits per heavy atom. The van der Waals surface area contributed by atoms with Gasteiger partial charge in [-0.15, -0.1) is 0 Å². The predicted octanol–water partition coefficient (Wildman–Crippen LogP) is 0.547. The highest BCUT2D eigenvalue weighted by Crippen LogP contribution is 2.40. The lowest BCUT2D eigenvalue weighted by molar-refractivity contribution is -0.143. The van der Waals surface area contributed by atoms with Gasteiger partial charge in [-0.25, -0.2) is 0 Å². The number of carbonyl (C=O) groups excluding carboxylic acids is 2. The maximum Gasteiger partial charge on any atom is 0.243 e. The van der Waals surface area contributed by atoms with Gasteiger partial charge < -0.3 is 10.6 Å². The van der Waals surface area contributed by atoms with E-state index in [9.17, 15) is 14.9 Å². The molecule has 0 aromatic rings. The summed E-state index contributed by atoms with van der Waals surface area (Å²) in [5.41, 5.74) is 4.40. The molecule has 1 unspecified atom stereocenters. The van der Waals surface area contributed by atoms with E-state index in [2.05, 4.69) is 6.07 Å². The number of rotatable bonds is 2. The molecule has 17 heavy (non-hydrogen) atoms. The molecule has 2 rings (SSSR count). The molecular weight excluding hydrogens is 218 g/mol. The lowest BCUT2D eigenvalue weighted by Gasteiger charge is -2.29. The molecule has 92 valence electrons. The Hall–Kier alpha value is -1.57. The number of amides is 2. The summed E-state index contributed by atoms with van der Waals surface area (Å²) < 4.78 is 0. The van der Waals surface area contributed by atoms with Gasteiger partial charge in [0.05, 0.1) is 6.07 Å². The van der Waals surface area contributed by atoms with Crippen LogP contribution in [-0.4, -0.2) is 29.3 Å². The van der Waals surface area contributed by atoms with E-state index >= 15 is 0 Å². The van der Waals surface area contributed by atoms with Crippen molar-refractivity contribution in [3.8, 4) is 6.07 Å². The van der Waals surface area contributed by atoms with Gasteiger partial charge in [-0.3, -0.25) is 9.59 Å². The normalized spacial score (nSPS) is 26.8. The van der Waals surface area contributed by atoms with Crippen LogP contribution in [0.2, 0.25) is 0 Å². The molecule has 2 fully saturated rings. The van der Waals surface area contributed by atoms with Gasteiger partial charge in [0.25, 0.3) is 0 Å². The molecule has 0 radical (unpaired) electrons.